The molecule has 0 fully saturated rings. The first-order valence-electron chi connectivity index (χ1n) is 29.5. The summed E-state index contributed by atoms with van der Waals surface area (Å²) in [6, 6.07) is 63.2. The van der Waals surface area contributed by atoms with E-state index < -0.39 is 0 Å². The zero-order valence-electron chi connectivity index (χ0n) is 51.5. The summed E-state index contributed by atoms with van der Waals surface area (Å²) in [7, 11) is 0. The monoisotopic (exact) mass is 1060 g/mol. The third-order valence-corrected chi connectivity index (χ3v) is 17.5. The molecule has 0 N–H and O–H groups in total. The largest absolute Gasteiger partial charge is 0.311 e. The molecule has 408 valence electrons. The first-order chi connectivity index (χ1) is 37.9. The number of aromatic nitrogens is 2. The highest BCUT2D eigenvalue weighted by Gasteiger charge is 2.46. The summed E-state index contributed by atoms with van der Waals surface area (Å²) in [6.07, 6.45) is 0. The number of anilines is 6. The van der Waals surface area contributed by atoms with Crippen LogP contribution in [0.2, 0.25) is 0 Å². The fraction of sp³-hybridized carbons (Fsp3) is 0.316. The quantitative estimate of drug-likeness (QED) is 0.164. The van der Waals surface area contributed by atoms with E-state index in [1.165, 1.54) is 82.7 Å². The zero-order chi connectivity index (χ0) is 57.7. The van der Waals surface area contributed by atoms with Crippen LogP contribution in [0.5, 0.6) is 0 Å². The van der Waals surface area contributed by atoms with Crippen LogP contribution < -0.4 is 26.2 Å². The van der Waals surface area contributed by atoms with Crippen molar-refractivity contribution in [3.63, 3.8) is 0 Å². The van der Waals surface area contributed by atoms with Crippen LogP contribution in [0.1, 0.15) is 158 Å². The summed E-state index contributed by atoms with van der Waals surface area (Å²) >= 11 is 0. The molecule has 81 heavy (non-hydrogen) atoms. The van der Waals surface area contributed by atoms with Crippen LogP contribution in [0.3, 0.4) is 0 Å². The molecule has 0 saturated heterocycles. The van der Waals surface area contributed by atoms with Gasteiger partial charge in [-0.1, -0.05) is 234 Å². The number of hydrogen-bond donors (Lipinski definition) is 0. The average molecular weight is 1060 g/mol. The van der Waals surface area contributed by atoms with Crippen LogP contribution in [0.4, 0.5) is 34.1 Å². The first kappa shape index (κ1) is 54.1. The standard InChI is InChI=1S/C76H81BN4/c1-71(2,3)50-35-49(36-51(39-50)72(4,5)6)70-78-63-30-24-23-29-60(63)67(79-70)48-37-64-66-65(38-48)81(57-44-54(75(13,14)15)41-55(45-57)76(16,17)18)69-59-28-22-20-26-47(59)32-34-62(69)77(66)61-33-31-46-25-19-21-27-58(46)68(61)80(64)56-42-52(73(7,8)9)40-53(43-56)74(10,11)12/h19-45H,1-18H3. The molecule has 0 bridgehead atoms. The fourth-order valence-corrected chi connectivity index (χ4v) is 12.5. The van der Waals surface area contributed by atoms with Crippen molar-refractivity contribution in [2.45, 2.75) is 157 Å². The van der Waals surface area contributed by atoms with Gasteiger partial charge in [-0.25, -0.2) is 9.97 Å². The molecule has 2 aliphatic rings. The Bertz CT molecular complexity index is 3910. The number of nitrogens with zero attached hydrogens (tertiary/aromatic N) is 4. The van der Waals surface area contributed by atoms with Gasteiger partial charge in [0.05, 0.1) is 11.2 Å². The lowest BCUT2D eigenvalue weighted by Gasteiger charge is -2.46. The maximum absolute atomic E-state index is 5.87. The summed E-state index contributed by atoms with van der Waals surface area (Å²) < 4.78 is 0. The van der Waals surface area contributed by atoms with Gasteiger partial charge in [0.25, 0.3) is 6.71 Å². The van der Waals surface area contributed by atoms with Gasteiger partial charge in [0, 0.05) is 61.4 Å². The van der Waals surface area contributed by atoms with E-state index in [4.69, 9.17) is 9.97 Å². The molecule has 4 nitrogen and oxygen atoms in total. The number of fused-ring (bicyclic) bond motifs is 9. The molecule has 2 aliphatic heterocycles. The maximum Gasteiger partial charge on any atom is 0.252 e. The normalized spacial score (nSPS) is 14.0. The first-order valence-corrected chi connectivity index (χ1v) is 29.5. The SMILES string of the molecule is CC(C)(C)c1cc(-c2nc(-c3cc4c5c(c3)N(c3cc(C(C)(C)C)cc(C(C)(C)C)c3)c3c(ccc6ccccc36)B5c3ccc5ccccc5c3N4c3cc(C(C)(C)C)cc(C(C)(C)C)c3)c3ccccc3n2)cc(C(C)(C)C)c1. The highest BCUT2D eigenvalue weighted by molar-refractivity contribution is 7.00. The summed E-state index contributed by atoms with van der Waals surface area (Å²) in [5.41, 5.74) is 22.0. The molecular weight excluding hydrogens is 980 g/mol. The summed E-state index contributed by atoms with van der Waals surface area (Å²) in [6.45, 7) is 42.0. The van der Waals surface area contributed by atoms with E-state index in [1.807, 2.05) is 0 Å². The van der Waals surface area contributed by atoms with Crippen LogP contribution in [0.15, 0.2) is 164 Å². The Kier molecular flexibility index (Phi) is 12.4. The maximum atomic E-state index is 5.87. The minimum Gasteiger partial charge on any atom is -0.311 e. The van der Waals surface area contributed by atoms with E-state index in [0.717, 1.165) is 56.3 Å². The lowest BCUT2D eigenvalue weighted by atomic mass is 9.33. The molecule has 1 aromatic heterocycles. The van der Waals surface area contributed by atoms with Crippen LogP contribution in [-0.2, 0) is 32.5 Å². The number of hydrogen-bond acceptors (Lipinski definition) is 4. The van der Waals surface area contributed by atoms with Crippen LogP contribution >= 0.6 is 0 Å². The average Bonchev–Trinajstić information content (AvgIpc) is 1.97. The van der Waals surface area contributed by atoms with E-state index in [9.17, 15) is 0 Å². The molecule has 0 unspecified atom stereocenters. The van der Waals surface area contributed by atoms with Crippen molar-refractivity contribution in [2.75, 3.05) is 9.80 Å². The molecule has 5 heteroatoms. The predicted octanol–water partition coefficient (Wildman–Crippen LogP) is 19.1. The van der Waals surface area contributed by atoms with Crippen molar-refractivity contribution < 1.29 is 0 Å². The molecular formula is C76H81BN4. The van der Waals surface area contributed by atoms with Gasteiger partial charge in [-0.15, -0.1) is 0 Å². The molecule has 0 saturated carbocycles. The number of rotatable bonds is 4. The van der Waals surface area contributed by atoms with E-state index in [1.54, 1.807) is 0 Å². The summed E-state index contributed by atoms with van der Waals surface area (Å²) in [5.74, 6) is 0.728. The smallest absolute Gasteiger partial charge is 0.252 e. The molecule has 0 radical (unpaired) electrons. The van der Waals surface area contributed by atoms with Crippen molar-refractivity contribution in [2.24, 2.45) is 0 Å². The van der Waals surface area contributed by atoms with Crippen LogP contribution in [0.25, 0.3) is 55.1 Å². The van der Waals surface area contributed by atoms with E-state index >= 15 is 0 Å². The van der Waals surface area contributed by atoms with Crippen molar-refractivity contribution in [3.05, 3.63) is 197 Å². The molecule has 3 heterocycles. The van der Waals surface area contributed by atoms with Gasteiger partial charge >= 0.3 is 0 Å². The van der Waals surface area contributed by atoms with E-state index in [-0.39, 0.29) is 39.2 Å². The third-order valence-electron chi connectivity index (χ3n) is 17.5. The summed E-state index contributed by atoms with van der Waals surface area (Å²) in [4.78, 5) is 16.7. The van der Waals surface area contributed by atoms with Gasteiger partial charge in [0.2, 0.25) is 0 Å². The van der Waals surface area contributed by atoms with Gasteiger partial charge in [-0.05, 0) is 148 Å². The second-order valence-corrected chi connectivity index (χ2v) is 29.7. The minimum absolute atomic E-state index is 0.0878. The Balaban J connectivity index is 1.29. The number of para-hydroxylation sites is 1. The Morgan fingerprint density at radius 3 is 1.09 bits per heavy atom. The van der Waals surface area contributed by atoms with Crippen molar-refractivity contribution in [3.8, 4) is 22.6 Å². The highest BCUT2D eigenvalue weighted by atomic mass is 15.2. The van der Waals surface area contributed by atoms with Crippen LogP contribution in [0, 0.1) is 0 Å². The topological polar surface area (TPSA) is 32.3 Å². The van der Waals surface area contributed by atoms with Crippen LogP contribution in [-0.4, -0.2) is 16.7 Å². The Morgan fingerprint density at radius 2 is 0.691 bits per heavy atom. The molecule has 10 aromatic rings. The van der Waals surface area contributed by atoms with Crippen molar-refractivity contribution in [1.29, 1.82) is 0 Å². The van der Waals surface area contributed by atoms with Gasteiger partial charge < -0.3 is 9.80 Å². The van der Waals surface area contributed by atoms with Gasteiger partial charge in [0.1, 0.15) is 0 Å². The van der Waals surface area contributed by atoms with Gasteiger partial charge in [-0.2, -0.15) is 0 Å². The van der Waals surface area contributed by atoms with E-state index in [2.05, 4.69) is 298 Å². The molecule has 9 aromatic carbocycles. The molecule has 0 spiro atoms. The molecule has 12 rings (SSSR count). The summed E-state index contributed by atoms with van der Waals surface area (Å²) in [5, 5.41) is 5.90. The lowest BCUT2D eigenvalue weighted by molar-refractivity contribution is 0.568. The predicted molar refractivity (Wildman–Crippen MR) is 352 cm³/mol. The van der Waals surface area contributed by atoms with Crippen molar-refractivity contribution >= 4 is 89.7 Å². The van der Waals surface area contributed by atoms with Gasteiger partial charge in [0.15, 0.2) is 5.82 Å². The Morgan fingerprint density at radius 1 is 0.333 bits per heavy atom. The molecule has 0 aliphatic carbocycles. The number of benzene rings is 9. The minimum atomic E-state index is -0.121. The molecule has 0 amide bonds. The van der Waals surface area contributed by atoms with E-state index in [0.29, 0.717) is 0 Å². The van der Waals surface area contributed by atoms with Gasteiger partial charge in [-0.3, -0.25) is 0 Å². The van der Waals surface area contributed by atoms with Crippen molar-refractivity contribution in [1.82, 2.24) is 9.97 Å². The second-order valence-electron chi connectivity index (χ2n) is 29.7. The second kappa shape index (κ2) is 18.5. The zero-order valence-corrected chi connectivity index (χ0v) is 51.5. The third kappa shape index (κ3) is 9.43. The molecule has 0 atom stereocenters. The highest BCUT2D eigenvalue weighted by Crippen LogP contribution is 2.51. The Hall–Kier alpha value is -7.50. The fourth-order valence-electron chi connectivity index (χ4n) is 12.5. The Labute approximate surface area is 483 Å². The lowest BCUT2D eigenvalue weighted by Crippen LogP contribution is -2.61.